The predicted molar refractivity (Wildman–Crippen MR) is 39.6 cm³/mol. The van der Waals surface area contributed by atoms with E-state index in [1.807, 2.05) is 0 Å². The van der Waals surface area contributed by atoms with Gasteiger partial charge in [-0.15, -0.1) is 0 Å². The van der Waals surface area contributed by atoms with Crippen LogP contribution in [0.25, 0.3) is 0 Å². The number of halogens is 2. The standard InChI is InChI=1S/C7H7F2NO.H2/c8-7(9)11-6-3-1-2-5(10)4-6;/h1-4,7H,10H2;1H. The Labute approximate surface area is 64.1 Å². The van der Waals surface area contributed by atoms with Gasteiger partial charge < -0.3 is 10.5 Å². The van der Waals surface area contributed by atoms with Crippen LogP contribution in [0, 0.1) is 0 Å². The molecule has 0 unspecified atom stereocenters. The Morgan fingerprint density at radius 1 is 1.45 bits per heavy atom. The minimum absolute atomic E-state index is 0. The van der Waals surface area contributed by atoms with Crippen molar-refractivity contribution in [3.05, 3.63) is 24.3 Å². The first-order valence-corrected chi connectivity index (χ1v) is 2.99. The fraction of sp³-hybridized carbons (Fsp3) is 0.143. The molecule has 0 bridgehead atoms. The molecule has 0 aromatic heterocycles. The zero-order valence-electron chi connectivity index (χ0n) is 5.63. The summed E-state index contributed by atoms with van der Waals surface area (Å²) in [6, 6.07) is 5.90. The highest BCUT2D eigenvalue weighted by Crippen LogP contribution is 2.16. The van der Waals surface area contributed by atoms with Gasteiger partial charge in [-0.1, -0.05) is 6.07 Å². The lowest BCUT2D eigenvalue weighted by Crippen LogP contribution is -2.01. The van der Waals surface area contributed by atoms with Crippen LogP contribution in [0.4, 0.5) is 14.5 Å². The molecule has 0 amide bonds. The van der Waals surface area contributed by atoms with Gasteiger partial charge >= 0.3 is 6.61 Å². The lowest BCUT2D eigenvalue weighted by molar-refractivity contribution is -0.0497. The van der Waals surface area contributed by atoms with Crippen molar-refractivity contribution in [2.75, 3.05) is 5.73 Å². The van der Waals surface area contributed by atoms with Crippen LogP contribution >= 0.6 is 0 Å². The Balaban J connectivity index is 0.00000121. The quantitative estimate of drug-likeness (QED) is 0.674. The van der Waals surface area contributed by atoms with E-state index in [-0.39, 0.29) is 7.18 Å². The van der Waals surface area contributed by atoms with Crippen molar-refractivity contribution in [2.45, 2.75) is 6.61 Å². The van der Waals surface area contributed by atoms with Gasteiger partial charge in [0.25, 0.3) is 0 Å². The second kappa shape index (κ2) is 3.18. The van der Waals surface area contributed by atoms with E-state index in [1.54, 1.807) is 12.1 Å². The van der Waals surface area contributed by atoms with Crippen LogP contribution in [0.15, 0.2) is 24.3 Å². The van der Waals surface area contributed by atoms with Gasteiger partial charge in [-0.25, -0.2) is 0 Å². The Bertz CT molecular complexity index is 245. The number of anilines is 1. The maximum absolute atomic E-state index is 11.6. The minimum atomic E-state index is -2.79. The highest BCUT2D eigenvalue weighted by atomic mass is 19.3. The molecule has 11 heavy (non-hydrogen) atoms. The third kappa shape index (κ3) is 2.41. The van der Waals surface area contributed by atoms with Crippen molar-refractivity contribution in [2.24, 2.45) is 0 Å². The Hall–Kier alpha value is -1.32. The van der Waals surface area contributed by atoms with Crippen LogP contribution in [0.2, 0.25) is 0 Å². The molecule has 2 nitrogen and oxygen atoms in total. The average Bonchev–Trinajstić information content (AvgIpc) is 1.85. The van der Waals surface area contributed by atoms with E-state index in [4.69, 9.17) is 5.73 Å². The number of nitrogens with two attached hydrogens (primary N) is 1. The monoisotopic (exact) mass is 161 g/mol. The first-order chi connectivity index (χ1) is 5.18. The summed E-state index contributed by atoms with van der Waals surface area (Å²) < 4.78 is 27.3. The van der Waals surface area contributed by atoms with Crippen molar-refractivity contribution in [3.8, 4) is 5.75 Å². The maximum atomic E-state index is 11.6. The molecular weight excluding hydrogens is 152 g/mol. The SMILES string of the molecule is Nc1cccc(OC(F)F)c1.[HH]. The number of hydrogen-bond acceptors (Lipinski definition) is 2. The van der Waals surface area contributed by atoms with Gasteiger partial charge in [0.1, 0.15) is 5.75 Å². The molecular formula is C7H9F2NO. The number of ether oxygens (including phenoxy) is 1. The molecule has 0 heterocycles. The van der Waals surface area contributed by atoms with E-state index in [2.05, 4.69) is 4.74 Å². The lowest BCUT2D eigenvalue weighted by Gasteiger charge is -2.03. The van der Waals surface area contributed by atoms with Crippen LogP contribution < -0.4 is 10.5 Å². The van der Waals surface area contributed by atoms with Crippen molar-refractivity contribution in [1.29, 1.82) is 0 Å². The summed E-state index contributed by atoms with van der Waals surface area (Å²) in [5.74, 6) is 0.0833. The van der Waals surface area contributed by atoms with Crippen LogP contribution in [0.1, 0.15) is 1.43 Å². The van der Waals surface area contributed by atoms with Crippen molar-refractivity contribution >= 4 is 5.69 Å². The Kier molecular flexibility index (Phi) is 2.25. The summed E-state index contributed by atoms with van der Waals surface area (Å²) in [5, 5.41) is 0. The molecule has 1 aromatic carbocycles. The Morgan fingerprint density at radius 2 is 2.18 bits per heavy atom. The first kappa shape index (κ1) is 7.78. The molecule has 62 valence electrons. The van der Waals surface area contributed by atoms with Gasteiger partial charge in [0.15, 0.2) is 0 Å². The highest BCUT2D eigenvalue weighted by Gasteiger charge is 2.02. The number of alkyl halides is 2. The van der Waals surface area contributed by atoms with Crippen LogP contribution in [-0.2, 0) is 0 Å². The summed E-state index contributed by atoms with van der Waals surface area (Å²) in [6.07, 6.45) is 0. The largest absolute Gasteiger partial charge is 0.435 e. The Morgan fingerprint density at radius 3 is 2.73 bits per heavy atom. The number of rotatable bonds is 2. The van der Waals surface area contributed by atoms with Gasteiger partial charge in [-0.3, -0.25) is 0 Å². The minimum Gasteiger partial charge on any atom is -0.435 e. The van der Waals surface area contributed by atoms with E-state index in [1.165, 1.54) is 12.1 Å². The zero-order valence-corrected chi connectivity index (χ0v) is 5.63. The molecule has 1 rings (SSSR count). The van der Waals surface area contributed by atoms with E-state index in [9.17, 15) is 8.78 Å². The molecule has 0 radical (unpaired) electrons. The number of benzene rings is 1. The number of hydrogen-bond donors (Lipinski definition) is 1. The average molecular weight is 161 g/mol. The molecule has 4 heteroatoms. The van der Waals surface area contributed by atoms with Gasteiger partial charge in [0, 0.05) is 13.2 Å². The molecule has 0 aliphatic heterocycles. The summed E-state index contributed by atoms with van der Waals surface area (Å²) in [6.45, 7) is -2.79. The van der Waals surface area contributed by atoms with Gasteiger partial charge in [0.05, 0.1) is 0 Å². The van der Waals surface area contributed by atoms with Crippen LogP contribution in [0.5, 0.6) is 5.75 Å². The molecule has 0 saturated carbocycles. The first-order valence-electron chi connectivity index (χ1n) is 2.99. The summed E-state index contributed by atoms with van der Waals surface area (Å²) in [5.41, 5.74) is 5.72. The zero-order chi connectivity index (χ0) is 8.27. The van der Waals surface area contributed by atoms with Gasteiger partial charge in [-0.05, 0) is 12.1 Å². The second-order valence-corrected chi connectivity index (χ2v) is 1.95. The smallest absolute Gasteiger partial charge is 0.387 e. The molecule has 0 fully saturated rings. The molecule has 1 aromatic rings. The van der Waals surface area contributed by atoms with E-state index < -0.39 is 6.61 Å². The molecule has 0 atom stereocenters. The summed E-state index contributed by atoms with van der Waals surface area (Å²) in [7, 11) is 0. The molecule has 0 aliphatic carbocycles. The summed E-state index contributed by atoms with van der Waals surface area (Å²) >= 11 is 0. The van der Waals surface area contributed by atoms with Crippen molar-refractivity contribution < 1.29 is 14.9 Å². The van der Waals surface area contributed by atoms with E-state index >= 15 is 0 Å². The fourth-order valence-corrected chi connectivity index (χ4v) is 0.691. The topological polar surface area (TPSA) is 35.2 Å². The normalized spacial score (nSPS) is 10.1. The van der Waals surface area contributed by atoms with Gasteiger partial charge in [0.2, 0.25) is 0 Å². The fourth-order valence-electron chi connectivity index (χ4n) is 0.691. The van der Waals surface area contributed by atoms with Crippen LogP contribution in [-0.4, -0.2) is 6.61 Å². The molecule has 0 saturated heterocycles. The van der Waals surface area contributed by atoms with E-state index in [0.29, 0.717) is 5.69 Å². The molecule has 2 N–H and O–H groups in total. The highest BCUT2D eigenvalue weighted by molar-refractivity contribution is 5.43. The maximum Gasteiger partial charge on any atom is 0.387 e. The van der Waals surface area contributed by atoms with Crippen molar-refractivity contribution in [3.63, 3.8) is 0 Å². The van der Waals surface area contributed by atoms with Gasteiger partial charge in [-0.2, -0.15) is 8.78 Å². The third-order valence-electron chi connectivity index (χ3n) is 1.08. The molecule has 0 aliphatic rings. The van der Waals surface area contributed by atoms with Crippen molar-refractivity contribution in [1.82, 2.24) is 0 Å². The van der Waals surface area contributed by atoms with Crippen LogP contribution in [0.3, 0.4) is 0 Å². The molecule has 0 spiro atoms. The third-order valence-corrected chi connectivity index (χ3v) is 1.08. The summed E-state index contributed by atoms with van der Waals surface area (Å²) in [4.78, 5) is 0. The predicted octanol–water partition coefficient (Wildman–Crippen LogP) is 2.12. The number of nitrogen functional groups attached to an aromatic ring is 1. The lowest BCUT2D eigenvalue weighted by atomic mass is 10.3. The second-order valence-electron chi connectivity index (χ2n) is 1.95. The van der Waals surface area contributed by atoms with E-state index in [0.717, 1.165) is 0 Å².